The Bertz CT molecular complexity index is 1150. The minimum Gasteiger partial charge on any atom is -0.385 e. The van der Waals surface area contributed by atoms with E-state index in [9.17, 15) is 14.9 Å². The van der Waals surface area contributed by atoms with Crippen LogP contribution in [0.25, 0.3) is 5.70 Å². The van der Waals surface area contributed by atoms with E-state index in [2.05, 4.69) is 36.4 Å². The van der Waals surface area contributed by atoms with Gasteiger partial charge in [0.2, 0.25) is 0 Å². The van der Waals surface area contributed by atoms with Crippen LogP contribution >= 0.6 is 0 Å². The van der Waals surface area contributed by atoms with Crippen molar-refractivity contribution in [1.82, 2.24) is 10.6 Å². The minimum absolute atomic E-state index is 0.0129. The van der Waals surface area contributed by atoms with E-state index in [1.165, 1.54) is 0 Å². The maximum Gasteiger partial charge on any atom is 0.264 e. The average Bonchev–Trinajstić information content (AvgIpc) is 3.15. The first-order valence-corrected chi connectivity index (χ1v) is 10.8. The fourth-order valence-corrected chi connectivity index (χ4v) is 3.43. The lowest BCUT2D eigenvalue weighted by atomic mass is 9.87. The van der Waals surface area contributed by atoms with Crippen LogP contribution in [0.1, 0.15) is 54.2 Å². The molecule has 1 heterocycles. The van der Waals surface area contributed by atoms with Gasteiger partial charge in [-0.3, -0.25) is 9.59 Å². The van der Waals surface area contributed by atoms with Gasteiger partial charge in [0, 0.05) is 37.0 Å². The smallest absolute Gasteiger partial charge is 0.264 e. The van der Waals surface area contributed by atoms with Crippen molar-refractivity contribution in [2.24, 2.45) is 4.99 Å². The van der Waals surface area contributed by atoms with Gasteiger partial charge >= 0.3 is 0 Å². The highest BCUT2D eigenvalue weighted by atomic mass is 16.5. The molecule has 2 N–H and O–H groups in total. The molecule has 0 fully saturated rings. The number of fused-ring (bicyclic) bond motifs is 1. The Kier molecular flexibility index (Phi) is 7.41. The lowest BCUT2D eigenvalue weighted by Gasteiger charge is -2.19. The van der Waals surface area contributed by atoms with Gasteiger partial charge in [-0.2, -0.15) is 5.26 Å². The molecule has 0 atom stereocenters. The van der Waals surface area contributed by atoms with Gasteiger partial charge < -0.3 is 15.4 Å². The molecule has 170 valence electrons. The molecule has 1 aliphatic heterocycles. The van der Waals surface area contributed by atoms with Crippen LogP contribution in [-0.2, 0) is 14.9 Å². The van der Waals surface area contributed by atoms with E-state index in [0.717, 1.165) is 5.56 Å². The first kappa shape index (κ1) is 23.9. The Morgan fingerprint density at radius 3 is 2.33 bits per heavy atom. The highest BCUT2D eigenvalue weighted by Crippen LogP contribution is 2.30. The van der Waals surface area contributed by atoms with Crippen LogP contribution in [0.3, 0.4) is 0 Å². The van der Waals surface area contributed by atoms with Crippen molar-refractivity contribution in [2.75, 3.05) is 20.3 Å². The summed E-state index contributed by atoms with van der Waals surface area (Å²) in [5.74, 6) is -0.509. The predicted octanol–water partition coefficient (Wildman–Crippen LogP) is 3.56. The summed E-state index contributed by atoms with van der Waals surface area (Å²) >= 11 is 0. The average molecular weight is 445 g/mol. The quantitative estimate of drug-likeness (QED) is 0.404. The Morgan fingerprint density at radius 2 is 1.73 bits per heavy atom. The van der Waals surface area contributed by atoms with Crippen molar-refractivity contribution >= 4 is 23.3 Å². The third-order valence-electron chi connectivity index (χ3n) is 5.29. The van der Waals surface area contributed by atoms with Gasteiger partial charge in [0.05, 0.1) is 5.70 Å². The highest BCUT2D eigenvalue weighted by Gasteiger charge is 2.27. The summed E-state index contributed by atoms with van der Waals surface area (Å²) in [5, 5.41) is 15.2. The molecule has 0 aliphatic carbocycles. The monoisotopic (exact) mass is 444 g/mol. The number of benzene rings is 2. The summed E-state index contributed by atoms with van der Waals surface area (Å²) in [4.78, 5) is 30.0. The number of amidine groups is 1. The molecule has 7 nitrogen and oxygen atoms in total. The standard InChI is InChI=1S/C26H28N4O3/c1-26(2,3)18-12-10-17(11-13-18)24(31)30-23-20-9-6-5-8-19(20)22(29-23)21(16-27)25(32)28-14-7-15-33-4/h5-6,8-13H,7,14-15H2,1-4H3,(H,28,32)(H,29,30,31)/b22-21-. The number of aliphatic imine (C=N–C) groups is 1. The zero-order chi connectivity index (χ0) is 24.0. The first-order valence-electron chi connectivity index (χ1n) is 10.8. The molecule has 0 bridgehead atoms. The van der Waals surface area contributed by atoms with Crippen molar-refractivity contribution in [3.05, 3.63) is 76.4 Å². The molecule has 0 spiro atoms. The Hall–Kier alpha value is -3.76. The van der Waals surface area contributed by atoms with E-state index in [-0.39, 0.29) is 22.6 Å². The van der Waals surface area contributed by atoms with E-state index in [0.29, 0.717) is 42.1 Å². The van der Waals surface area contributed by atoms with Crippen LogP contribution in [0.2, 0.25) is 0 Å². The minimum atomic E-state index is -0.507. The summed E-state index contributed by atoms with van der Waals surface area (Å²) in [6.45, 7) is 7.22. The molecular formula is C26H28N4O3. The number of nitrogens with zero attached hydrogens (tertiary/aromatic N) is 2. The highest BCUT2D eigenvalue weighted by molar-refractivity contribution is 6.20. The molecule has 0 radical (unpaired) electrons. The fourth-order valence-electron chi connectivity index (χ4n) is 3.43. The van der Waals surface area contributed by atoms with Crippen LogP contribution in [0, 0.1) is 11.3 Å². The second kappa shape index (κ2) is 10.2. The third kappa shape index (κ3) is 5.54. The van der Waals surface area contributed by atoms with Gasteiger partial charge in [0.25, 0.3) is 11.8 Å². The molecule has 2 amide bonds. The maximum atomic E-state index is 12.9. The van der Waals surface area contributed by atoms with Crippen LogP contribution in [-0.4, -0.2) is 37.9 Å². The molecule has 0 unspecified atom stereocenters. The summed E-state index contributed by atoms with van der Waals surface area (Å²) < 4.78 is 4.98. The maximum absolute atomic E-state index is 12.9. The number of carbonyl (C=O) groups excluding carboxylic acids is 2. The molecule has 0 saturated heterocycles. The van der Waals surface area contributed by atoms with Crippen molar-refractivity contribution in [3.63, 3.8) is 0 Å². The summed E-state index contributed by atoms with van der Waals surface area (Å²) in [5.41, 5.74) is 3.04. The van der Waals surface area contributed by atoms with E-state index in [4.69, 9.17) is 4.74 Å². The number of rotatable bonds is 6. The SMILES string of the molecule is COCCCNC(=O)/C(C#N)=C1\N=C(NC(=O)c2ccc(C(C)(C)C)cc2)c2ccccc21. The Morgan fingerprint density at radius 1 is 1.06 bits per heavy atom. The lowest BCUT2D eigenvalue weighted by Crippen LogP contribution is -2.30. The number of ether oxygens (including phenoxy) is 1. The van der Waals surface area contributed by atoms with Crippen molar-refractivity contribution in [3.8, 4) is 6.07 Å². The van der Waals surface area contributed by atoms with Crippen LogP contribution < -0.4 is 10.6 Å². The van der Waals surface area contributed by atoms with Crippen molar-refractivity contribution in [2.45, 2.75) is 32.6 Å². The van der Waals surface area contributed by atoms with E-state index in [1.54, 1.807) is 37.4 Å². The number of hydrogen-bond acceptors (Lipinski definition) is 5. The van der Waals surface area contributed by atoms with Gasteiger partial charge in [-0.05, 0) is 29.5 Å². The molecule has 2 aromatic rings. The number of carbonyl (C=O) groups is 2. The molecule has 2 aromatic carbocycles. The molecule has 0 saturated carbocycles. The van der Waals surface area contributed by atoms with E-state index >= 15 is 0 Å². The topological polar surface area (TPSA) is 104 Å². The zero-order valence-electron chi connectivity index (χ0n) is 19.4. The van der Waals surface area contributed by atoms with E-state index < -0.39 is 5.91 Å². The first-order chi connectivity index (χ1) is 15.8. The lowest BCUT2D eigenvalue weighted by molar-refractivity contribution is -0.117. The summed E-state index contributed by atoms with van der Waals surface area (Å²) in [6, 6.07) is 16.6. The second-order valence-electron chi connectivity index (χ2n) is 8.73. The van der Waals surface area contributed by atoms with Gasteiger partial charge in [-0.1, -0.05) is 57.2 Å². The number of nitriles is 1. The number of methoxy groups -OCH3 is 1. The zero-order valence-corrected chi connectivity index (χ0v) is 19.4. The number of nitrogens with one attached hydrogen (secondary N) is 2. The van der Waals surface area contributed by atoms with Crippen molar-refractivity contribution in [1.29, 1.82) is 5.26 Å². The molecule has 3 rings (SSSR count). The third-order valence-corrected chi connectivity index (χ3v) is 5.29. The summed E-state index contributed by atoms with van der Waals surface area (Å²) in [7, 11) is 1.59. The van der Waals surface area contributed by atoms with Crippen LogP contribution in [0.4, 0.5) is 0 Å². The summed E-state index contributed by atoms with van der Waals surface area (Å²) in [6.07, 6.45) is 0.630. The van der Waals surface area contributed by atoms with Gasteiger partial charge in [0.1, 0.15) is 17.5 Å². The van der Waals surface area contributed by atoms with Gasteiger partial charge in [-0.15, -0.1) is 0 Å². The Balaban J connectivity index is 1.87. The van der Waals surface area contributed by atoms with Crippen molar-refractivity contribution < 1.29 is 14.3 Å². The van der Waals surface area contributed by atoms with Crippen LogP contribution in [0.5, 0.6) is 0 Å². The fraction of sp³-hybridized carbons (Fsp3) is 0.308. The van der Waals surface area contributed by atoms with Crippen LogP contribution in [0.15, 0.2) is 59.1 Å². The number of hydrogen-bond donors (Lipinski definition) is 2. The normalized spacial score (nSPS) is 14.1. The molecule has 33 heavy (non-hydrogen) atoms. The van der Waals surface area contributed by atoms with Gasteiger partial charge in [-0.25, -0.2) is 4.99 Å². The Labute approximate surface area is 194 Å². The largest absolute Gasteiger partial charge is 0.385 e. The molecular weight excluding hydrogens is 416 g/mol. The second-order valence-corrected chi connectivity index (χ2v) is 8.73. The van der Waals surface area contributed by atoms with Gasteiger partial charge in [0.15, 0.2) is 0 Å². The van der Waals surface area contributed by atoms with E-state index in [1.807, 2.05) is 24.3 Å². The predicted molar refractivity (Wildman–Crippen MR) is 128 cm³/mol. The number of amides is 2. The molecule has 1 aliphatic rings. The molecule has 0 aromatic heterocycles. The molecule has 7 heteroatoms.